The van der Waals surface area contributed by atoms with Crippen molar-refractivity contribution in [1.82, 2.24) is 9.80 Å². The van der Waals surface area contributed by atoms with E-state index in [-0.39, 0.29) is 6.04 Å². The van der Waals surface area contributed by atoms with Crippen LogP contribution in [-0.4, -0.2) is 61.5 Å². The molecular weight excluding hydrogens is 286 g/mol. The van der Waals surface area contributed by atoms with E-state index in [1.807, 2.05) is 35.2 Å². The molecule has 3 aliphatic heterocycles. The van der Waals surface area contributed by atoms with Gasteiger partial charge in [0.2, 0.25) is 5.91 Å². The number of carbonyl (C=O) groups is 1. The van der Waals surface area contributed by atoms with Crippen molar-refractivity contribution in [3.8, 4) is 0 Å². The molecule has 0 unspecified atom stereocenters. The van der Waals surface area contributed by atoms with E-state index < -0.39 is 0 Å². The first-order chi connectivity index (χ1) is 11.2. The Bertz CT molecular complexity index is 571. The van der Waals surface area contributed by atoms with E-state index >= 15 is 0 Å². The van der Waals surface area contributed by atoms with Gasteiger partial charge in [-0.3, -0.25) is 9.69 Å². The normalized spacial score (nSPS) is 33.0. The molecule has 1 aromatic rings. The second-order valence-corrected chi connectivity index (χ2v) is 7.69. The van der Waals surface area contributed by atoms with E-state index in [0.29, 0.717) is 11.3 Å². The molecule has 3 heterocycles. The first-order valence-electron chi connectivity index (χ1n) is 8.96. The molecule has 0 radical (unpaired) electrons. The number of hydrogen-bond acceptors (Lipinski definition) is 3. The Morgan fingerprint density at radius 3 is 2.61 bits per heavy atom. The molecule has 4 nitrogen and oxygen atoms in total. The molecule has 4 heteroatoms. The molecule has 1 aromatic carbocycles. The fourth-order valence-corrected chi connectivity index (χ4v) is 4.87. The van der Waals surface area contributed by atoms with Crippen LogP contribution in [0.4, 0.5) is 5.69 Å². The molecule has 2 atom stereocenters. The van der Waals surface area contributed by atoms with Gasteiger partial charge in [0.1, 0.15) is 0 Å². The third-order valence-corrected chi connectivity index (χ3v) is 6.01. The van der Waals surface area contributed by atoms with E-state index in [1.165, 1.54) is 32.4 Å². The second-order valence-electron chi connectivity index (χ2n) is 7.69. The number of benzene rings is 1. The molecule has 0 aliphatic carbocycles. The Kier molecular flexibility index (Phi) is 3.90. The SMILES string of the molecule is CN1CC[C@@]2(CCCN([C@H]3CCN(c4ccccc4)C3=O)C2)C1. The second kappa shape index (κ2) is 5.91. The van der Waals surface area contributed by atoms with Crippen molar-refractivity contribution in [2.24, 2.45) is 5.41 Å². The molecule has 0 N–H and O–H groups in total. The fourth-order valence-electron chi connectivity index (χ4n) is 4.87. The smallest absolute Gasteiger partial charge is 0.244 e. The minimum atomic E-state index is 0.0956. The maximum Gasteiger partial charge on any atom is 0.244 e. The van der Waals surface area contributed by atoms with Gasteiger partial charge in [-0.2, -0.15) is 0 Å². The summed E-state index contributed by atoms with van der Waals surface area (Å²) >= 11 is 0. The quantitative estimate of drug-likeness (QED) is 0.837. The zero-order valence-electron chi connectivity index (χ0n) is 14.1. The van der Waals surface area contributed by atoms with E-state index in [9.17, 15) is 4.79 Å². The minimum Gasteiger partial charge on any atom is -0.311 e. The molecule has 3 saturated heterocycles. The average Bonchev–Trinajstić information content (AvgIpc) is 3.12. The Balaban J connectivity index is 1.47. The minimum absolute atomic E-state index is 0.0956. The number of hydrogen-bond donors (Lipinski definition) is 0. The van der Waals surface area contributed by atoms with Crippen LogP contribution >= 0.6 is 0 Å². The molecule has 124 valence electrons. The van der Waals surface area contributed by atoms with Crippen molar-refractivity contribution in [2.75, 3.05) is 44.7 Å². The Morgan fingerprint density at radius 2 is 1.87 bits per heavy atom. The van der Waals surface area contributed by atoms with E-state index in [1.54, 1.807) is 0 Å². The molecule has 1 amide bonds. The lowest BCUT2D eigenvalue weighted by Gasteiger charge is -2.42. The van der Waals surface area contributed by atoms with E-state index in [0.717, 1.165) is 31.7 Å². The lowest BCUT2D eigenvalue weighted by molar-refractivity contribution is -0.122. The van der Waals surface area contributed by atoms with Gasteiger partial charge in [-0.05, 0) is 63.4 Å². The standard InChI is InChI=1S/C19H27N3O/c1-20-13-10-19(14-20)9-5-11-21(15-19)17-8-12-22(18(17)23)16-6-3-2-4-7-16/h2-4,6-7,17H,5,8-15H2,1H3/t17-,19-/m0/s1. The number of piperidine rings is 1. The summed E-state index contributed by atoms with van der Waals surface area (Å²) in [5.74, 6) is 0.305. The molecular formula is C19H27N3O. The number of likely N-dealkylation sites (tertiary alicyclic amines) is 2. The Morgan fingerprint density at radius 1 is 1.04 bits per heavy atom. The number of para-hydroxylation sites is 1. The monoisotopic (exact) mass is 313 g/mol. The molecule has 0 aromatic heterocycles. The Hall–Kier alpha value is -1.39. The van der Waals surface area contributed by atoms with Crippen LogP contribution in [0, 0.1) is 5.41 Å². The van der Waals surface area contributed by atoms with Crippen LogP contribution < -0.4 is 4.90 Å². The van der Waals surface area contributed by atoms with Gasteiger partial charge in [0, 0.05) is 25.3 Å². The fraction of sp³-hybridized carbons (Fsp3) is 0.632. The van der Waals surface area contributed by atoms with Crippen LogP contribution in [0.3, 0.4) is 0 Å². The van der Waals surface area contributed by atoms with Gasteiger partial charge in [0.15, 0.2) is 0 Å². The zero-order valence-corrected chi connectivity index (χ0v) is 14.1. The average molecular weight is 313 g/mol. The van der Waals surface area contributed by atoms with Gasteiger partial charge in [0.05, 0.1) is 6.04 Å². The molecule has 0 saturated carbocycles. The number of amides is 1. The summed E-state index contributed by atoms with van der Waals surface area (Å²) in [6, 6.07) is 10.2. The first-order valence-corrected chi connectivity index (χ1v) is 8.96. The highest BCUT2D eigenvalue weighted by Crippen LogP contribution is 2.40. The van der Waals surface area contributed by atoms with Gasteiger partial charge in [-0.15, -0.1) is 0 Å². The number of carbonyl (C=O) groups excluding carboxylic acids is 1. The molecule has 23 heavy (non-hydrogen) atoms. The van der Waals surface area contributed by atoms with E-state index in [4.69, 9.17) is 0 Å². The van der Waals surface area contributed by atoms with Gasteiger partial charge in [-0.1, -0.05) is 18.2 Å². The highest BCUT2D eigenvalue weighted by molar-refractivity contribution is 5.99. The van der Waals surface area contributed by atoms with Crippen LogP contribution in [-0.2, 0) is 4.79 Å². The maximum absolute atomic E-state index is 12.9. The third kappa shape index (κ3) is 2.79. The van der Waals surface area contributed by atoms with Gasteiger partial charge < -0.3 is 9.80 Å². The summed E-state index contributed by atoms with van der Waals surface area (Å²) in [7, 11) is 2.23. The van der Waals surface area contributed by atoms with Gasteiger partial charge in [0.25, 0.3) is 0 Å². The van der Waals surface area contributed by atoms with Crippen molar-refractivity contribution in [2.45, 2.75) is 31.7 Å². The number of rotatable bonds is 2. The summed E-state index contributed by atoms with van der Waals surface area (Å²) in [5.41, 5.74) is 1.49. The topological polar surface area (TPSA) is 26.8 Å². The van der Waals surface area contributed by atoms with Crippen LogP contribution in [0.5, 0.6) is 0 Å². The maximum atomic E-state index is 12.9. The molecule has 3 fully saturated rings. The van der Waals surface area contributed by atoms with Crippen LogP contribution in [0.15, 0.2) is 30.3 Å². The lowest BCUT2D eigenvalue weighted by Crippen LogP contribution is -2.51. The Labute approximate surface area is 139 Å². The predicted molar refractivity (Wildman–Crippen MR) is 92.6 cm³/mol. The highest BCUT2D eigenvalue weighted by Gasteiger charge is 2.45. The van der Waals surface area contributed by atoms with Crippen LogP contribution in [0.2, 0.25) is 0 Å². The van der Waals surface area contributed by atoms with Crippen LogP contribution in [0.25, 0.3) is 0 Å². The zero-order chi connectivity index (χ0) is 15.9. The third-order valence-electron chi connectivity index (χ3n) is 6.01. The lowest BCUT2D eigenvalue weighted by atomic mass is 9.78. The van der Waals surface area contributed by atoms with Crippen molar-refractivity contribution >= 4 is 11.6 Å². The van der Waals surface area contributed by atoms with Crippen molar-refractivity contribution in [3.05, 3.63) is 30.3 Å². The van der Waals surface area contributed by atoms with E-state index in [2.05, 4.69) is 16.8 Å². The first kappa shape index (κ1) is 15.2. The molecule has 4 rings (SSSR count). The highest BCUT2D eigenvalue weighted by atomic mass is 16.2. The summed E-state index contributed by atoms with van der Waals surface area (Å²) in [6.07, 6.45) is 4.84. The number of nitrogens with zero attached hydrogens (tertiary/aromatic N) is 3. The summed E-state index contributed by atoms with van der Waals surface area (Å²) < 4.78 is 0. The van der Waals surface area contributed by atoms with Gasteiger partial charge >= 0.3 is 0 Å². The largest absolute Gasteiger partial charge is 0.311 e. The molecule has 3 aliphatic rings. The summed E-state index contributed by atoms with van der Waals surface area (Å²) in [5, 5.41) is 0. The molecule has 0 bridgehead atoms. The summed E-state index contributed by atoms with van der Waals surface area (Å²) in [6.45, 7) is 5.47. The van der Waals surface area contributed by atoms with Crippen molar-refractivity contribution in [1.29, 1.82) is 0 Å². The summed E-state index contributed by atoms with van der Waals surface area (Å²) in [4.78, 5) is 19.9. The van der Waals surface area contributed by atoms with Gasteiger partial charge in [-0.25, -0.2) is 0 Å². The van der Waals surface area contributed by atoms with Crippen molar-refractivity contribution < 1.29 is 4.79 Å². The van der Waals surface area contributed by atoms with Crippen LogP contribution in [0.1, 0.15) is 25.7 Å². The van der Waals surface area contributed by atoms with Crippen molar-refractivity contribution in [3.63, 3.8) is 0 Å². The number of anilines is 1. The molecule has 1 spiro atoms. The predicted octanol–water partition coefficient (Wildman–Crippen LogP) is 2.21.